The average molecular weight is 418 g/mol. The van der Waals surface area contributed by atoms with E-state index in [4.69, 9.17) is 0 Å². The molecule has 3 fully saturated rings. The van der Waals surface area contributed by atoms with Crippen molar-refractivity contribution >= 4 is 10.0 Å². The number of rotatable bonds is 6. The summed E-state index contributed by atoms with van der Waals surface area (Å²) in [7, 11) is -3.67. The van der Waals surface area contributed by atoms with Crippen LogP contribution in [0.1, 0.15) is 50.5 Å². The smallest absolute Gasteiger partial charge is 0.243 e. The Morgan fingerprint density at radius 1 is 1.17 bits per heavy atom. The van der Waals surface area contributed by atoms with E-state index < -0.39 is 10.0 Å². The molecule has 0 amide bonds. The van der Waals surface area contributed by atoms with Crippen molar-refractivity contribution in [2.45, 2.75) is 61.9 Å². The van der Waals surface area contributed by atoms with E-state index in [1.165, 1.54) is 6.07 Å². The number of hydrogen-bond acceptors (Lipinski definition) is 5. The van der Waals surface area contributed by atoms with Crippen LogP contribution in [0.25, 0.3) is 0 Å². The lowest BCUT2D eigenvalue weighted by molar-refractivity contribution is -0.0525. The lowest BCUT2D eigenvalue weighted by Crippen LogP contribution is -2.65. The first kappa shape index (κ1) is 20.8. The Labute approximate surface area is 174 Å². The third-order valence-electron chi connectivity index (χ3n) is 7.10. The van der Waals surface area contributed by atoms with Crippen LogP contribution in [0, 0.1) is 23.2 Å². The minimum atomic E-state index is -3.67. The molecule has 6 nitrogen and oxygen atoms in total. The predicted octanol–water partition coefficient (Wildman–Crippen LogP) is 2.58. The summed E-state index contributed by atoms with van der Waals surface area (Å²) in [6, 6.07) is 8.93. The molecule has 4 atom stereocenters. The maximum Gasteiger partial charge on any atom is 0.243 e. The fourth-order valence-electron chi connectivity index (χ4n) is 5.92. The number of benzene rings is 1. The van der Waals surface area contributed by atoms with Gasteiger partial charge in [-0.05, 0) is 88.1 Å². The second kappa shape index (κ2) is 8.73. The van der Waals surface area contributed by atoms with Gasteiger partial charge < -0.3 is 5.11 Å². The first-order valence-electron chi connectivity index (χ1n) is 10.9. The van der Waals surface area contributed by atoms with Gasteiger partial charge in [-0.2, -0.15) is 9.57 Å². The van der Waals surface area contributed by atoms with Gasteiger partial charge in [0.1, 0.15) is 0 Å². The molecule has 1 aromatic rings. The van der Waals surface area contributed by atoms with Crippen molar-refractivity contribution < 1.29 is 13.5 Å². The van der Waals surface area contributed by atoms with Crippen LogP contribution in [-0.2, 0) is 10.0 Å². The normalized spacial score (nSPS) is 30.5. The zero-order valence-corrected chi connectivity index (χ0v) is 17.7. The van der Waals surface area contributed by atoms with Gasteiger partial charge in [0.05, 0.1) is 16.5 Å². The van der Waals surface area contributed by atoms with Gasteiger partial charge in [-0.3, -0.25) is 4.90 Å². The Balaban J connectivity index is 1.69. The second-order valence-electron chi connectivity index (χ2n) is 8.74. The number of sulfonamides is 1. The van der Waals surface area contributed by atoms with Crippen molar-refractivity contribution in [1.29, 1.82) is 5.26 Å². The highest BCUT2D eigenvalue weighted by molar-refractivity contribution is 7.89. The molecule has 0 spiro atoms. The molecule has 1 aromatic carbocycles. The van der Waals surface area contributed by atoms with Crippen LogP contribution in [0.15, 0.2) is 29.2 Å². The molecule has 3 aliphatic rings. The van der Waals surface area contributed by atoms with E-state index in [9.17, 15) is 18.8 Å². The molecule has 4 rings (SSSR count). The Bertz CT molecular complexity index is 864. The second-order valence-corrected chi connectivity index (χ2v) is 10.6. The molecule has 0 radical (unpaired) electrons. The summed E-state index contributed by atoms with van der Waals surface area (Å²) in [6.45, 7) is 2.99. The van der Waals surface area contributed by atoms with Crippen LogP contribution in [0.3, 0.4) is 0 Å². The summed E-state index contributed by atoms with van der Waals surface area (Å²) in [6.07, 6.45) is 6.76. The Morgan fingerprint density at radius 3 is 2.72 bits per heavy atom. The van der Waals surface area contributed by atoms with Crippen molar-refractivity contribution in [3.05, 3.63) is 29.8 Å². The van der Waals surface area contributed by atoms with E-state index in [2.05, 4.69) is 11.0 Å². The summed E-state index contributed by atoms with van der Waals surface area (Å²) in [5.74, 6) is 0.743. The van der Waals surface area contributed by atoms with Crippen molar-refractivity contribution in [2.24, 2.45) is 11.8 Å². The number of nitrogens with zero attached hydrogens (tertiary/aromatic N) is 3. The molecule has 158 valence electrons. The lowest BCUT2D eigenvalue weighted by atomic mass is 9.70. The Morgan fingerprint density at radius 2 is 1.97 bits per heavy atom. The zero-order valence-electron chi connectivity index (χ0n) is 16.9. The molecule has 3 heterocycles. The summed E-state index contributed by atoms with van der Waals surface area (Å²) in [5, 5.41) is 18.5. The van der Waals surface area contributed by atoms with Gasteiger partial charge in [0.25, 0.3) is 0 Å². The van der Waals surface area contributed by atoms with Gasteiger partial charge in [-0.25, -0.2) is 8.42 Å². The van der Waals surface area contributed by atoms with Crippen LogP contribution in [0.4, 0.5) is 0 Å². The molecular formula is C22H31N3O3S. The highest BCUT2D eigenvalue weighted by Gasteiger charge is 2.51. The SMILES string of the molecule is N#Cc1cccc(S(=O)(=O)N2C[C@@H]3CCCN4CCC[C@@H]([C@H]34)[C@H]2CCCCO)c1. The fraction of sp³-hybridized carbons (Fsp3) is 0.682. The first-order valence-corrected chi connectivity index (χ1v) is 12.4. The highest BCUT2D eigenvalue weighted by atomic mass is 32.2. The van der Waals surface area contributed by atoms with Gasteiger partial charge in [0, 0.05) is 25.2 Å². The molecule has 0 bridgehead atoms. The molecule has 1 N–H and O–H groups in total. The summed E-state index contributed by atoms with van der Waals surface area (Å²) in [4.78, 5) is 2.84. The number of hydrogen-bond donors (Lipinski definition) is 1. The number of nitriles is 1. The van der Waals surface area contributed by atoms with Crippen LogP contribution < -0.4 is 0 Å². The Kier molecular flexibility index (Phi) is 6.26. The van der Waals surface area contributed by atoms with Crippen LogP contribution in [0.2, 0.25) is 0 Å². The minimum absolute atomic E-state index is 0.0283. The van der Waals surface area contributed by atoms with Crippen molar-refractivity contribution in [3.63, 3.8) is 0 Å². The van der Waals surface area contributed by atoms with Crippen molar-refractivity contribution in [3.8, 4) is 6.07 Å². The molecule has 0 saturated carbocycles. The van der Waals surface area contributed by atoms with E-state index in [-0.39, 0.29) is 17.5 Å². The number of piperidine rings is 3. The zero-order chi connectivity index (χ0) is 20.4. The third-order valence-corrected chi connectivity index (χ3v) is 8.99. The molecule has 3 aliphatic heterocycles. The van der Waals surface area contributed by atoms with E-state index in [0.29, 0.717) is 36.4 Å². The van der Waals surface area contributed by atoms with Gasteiger partial charge >= 0.3 is 0 Å². The molecule has 29 heavy (non-hydrogen) atoms. The minimum Gasteiger partial charge on any atom is -0.396 e. The average Bonchev–Trinajstić information content (AvgIpc) is 2.75. The summed E-state index contributed by atoms with van der Waals surface area (Å²) >= 11 is 0. The molecule has 7 heteroatoms. The van der Waals surface area contributed by atoms with Crippen LogP contribution in [-0.4, -0.2) is 61.1 Å². The quantitative estimate of drug-likeness (QED) is 0.719. The van der Waals surface area contributed by atoms with Gasteiger partial charge in [0.2, 0.25) is 10.0 Å². The summed E-state index contributed by atoms with van der Waals surface area (Å²) in [5.41, 5.74) is 0.374. The standard InChI is InChI=1S/C22H31N3O3S/c23-15-17-6-3-8-19(14-17)29(27,28)25-16-18-7-4-11-24-12-5-9-20(22(18)24)21(25)10-1-2-13-26/h3,6,8,14,18,20-22,26H,1-2,4-5,7,9-13,16H2/t18-,20+,21+,22-/m0/s1. The number of unbranched alkanes of at least 4 members (excludes halogenated alkanes) is 1. The molecule has 3 saturated heterocycles. The van der Waals surface area contributed by atoms with Gasteiger partial charge in [-0.15, -0.1) is 0 Å². The van der Waals surface area contributed by atoms with E-state index in [1.807, 2.05) is 0 Å². The van der Waals surface area contributed by atoms with Gasteiger partial charge in [0.15, 0.2) is 0 Å². The molecule has 0 aliphatic carbocycles. The molecular weight excluding hydrogens is 386 g/mol. The maximum atomic E-state index is 13.7. The third kappa shape index (κ3) is 3.96. The van der Waals surface area contributed by atoms with E-state index >= 15 is 0 Å². The topological polar surface area (TPSA) is 84.6 Å². The molecule has 0 aromatic heterocycles. The van der Waals surface area contributed by atoms with Crippen molar-refractivity contribution in [2.75, 3.05) is 26.2 Å². The van der Waals surface area contributed by atoms with Gasteiger partial charge in [-0.1, -0.05) is 6.07 Å². The van der Waals surface area contributed by atoms with Crippen LogP contribution >= 0.6 is 0 Å². The first-order chi connectivity index (χ1) is 14.1. The monoisotopic (exact) mass is 417 g/mol. The summed E-state index contributed by atoms with van der Waals surface area (Å²) < 4.78 is 29.1. The van der Waals surface area contributed by atoms with E-state index in [1.54, 1.807) is 22.5 Å². The maximum absolute atomic E-state index is 13.7. The lowest BCUT2D eigenvalue weighted by Gasteiger charge is -2.57. The largest absolute Gasteiger partial charge is 0.396 e. The predicted molar refractivity (Wildman–Crippen MR) is 111 cm³/mol. The molecule has 0 unspecified atom stereocenters. The highest BCUT2D eigenvalue weighted by Crippen LogP contribution is 2.45. The fourth-order valence-corrected chi connectivity index (χ4v) is 7.72. The number of aliphatic hydroxyl groups excluding tert-OH is 1. The van der Waals surface area contributed by atoms with Crippen molar-refractivity contribution in [1.82, 2.24) is 9.21 Å². The van der Waals surface area contributed by atoms with Crippen LogP contribution in [0.5, 0.6) is 0 Å². The number of aliphatic hydroxyl groups is 1. The Hall–Kier alpha value is -1.46. The van der Waals surface area contributed by atoms with E-state index in [0.717, 1.165) is 51.6 Å².